The molecule has 0 aromatic carbocycles. The number of nitrogens with zero attached hydrogens (tertiary/aromatic N) is 4. The van der Waals surface area contributed by atoms with Crippen LogP contribution in [0, 0.1) is 5.92 Å². The summed E-state index contributed by atoms with van der Waals surface area (Å²) < 4.78 is 12.1. The fraction of sp³-hybridized carbons (Fsp3) is 0.417. The first-order valence-electron chi connectivity index (χ1n) is 11.6. The van der Waals surface area contributed by atoms with Crippen molar-refractivity contribution >= 4 is 45.9 Å². The molecule has 34 heavy (non-hydrogen) atoms. The first-order chi connectivity index (χ1) is 16.7. The number of carbonyl (C=O) groups is 1. The fourth-order valence-corrected chi connectivity index (χ4v) is 6.02. The largest absolute Gasteiger partial charge is 0.467 e. The van der Waals surface area contributed by atoms with E-state index < -0.39 is 0 Å². The molecule has 1 N–H and O–H groups in total. The third kappa shape index (κ3) is 4.97. The molecule has 0 bridgehead atoms. The number of allylic oxidation sites excluding steroid dienone is 1. The molecule has 0 saturated heterocycles. The number of furan rings is 2. The summed E-state index contributed by atoms with van der Waals surface area (Å²) in [7, 11) is 0. The number of hydrogen-bond donors (Lipinski definition) is 1. The van der Waals surface area contributed by atoms with Crippen molar-refractivity contribution in [3.8, 4) is 0 Å². The zero-order chi connectivity index (χ0) is 23.3. The van der Waals surface area contributed by atoms with Crippen molar-refractivity contribution in [3.63, 3.8) is 0 Å². The number of hydrazone groups is 1. The number of hydrogen-bond acceptors (Lipinski definition) is 9. The summed E-state index contributed by atoms with van der Waals surface area (Å²) in [5, 5.41) is 18.9. The van der Waals surface area contributed by atoms with Crippen LogP contribution in [0.1, 0.15) is 56.6 Å². The predicted octanol–water partition coefficient (Wildman–Crippen LogP) is 5.85. The Morgan fingerprint density at radius 1 is 1.29 bits per heavy atom. The van der Waals surface area contributed by atoms with Crippen molar-refractivity contribution in [1.82, 2.24) is 15.2 Å². The smallest absolute Gasteiger partial charge is 0.253 e. The third-order valence-electron chi connectivity index (χ3n) is 5.98. The minimum Gasteiger partial charge on any atom is -0.467 e. The highest BCUT2D eigenvalue weighted by atomic mass is 32.2. The molecule has 2 atom stereocenters. The van der Waals surface area contributed by atoms with E-state index >= 15 is 0 Å². The van der Waals surface area contributed by atoms with Crippen molar-refractivity contribution in [1.29, 1.82) is 0 Å². The van der Waals surface area contributed by atoms with Gasteiger partial charge >= 0.3 is 0 Å². The number of aromatic nitrogens is 2. The second-order valence-corrected chi connectivity index (χ2v) is 10.5. The van der Waals surface area contributed by atoms with Gasteiger partial charge in [-0.2, -0.15) is 5.10 Å². The van der Waals surface area contributed by atoms with Crippen LogP contribution in [-0.4, -0.2) is 39.1 Å². The molecular formula is C24H27N5O3S2. The molecule has 2 aliphatic rings. The summed E-state index contributed by atoms with van der Waals surface area (Å²) in [5.41, 5.74) is 2.08. The van der Waals surface area contributed by atoms with Crippen LogP contribution in [0.3, 0.4) is 0 Å². The van der Waals surface area contributed by atoms with Gasteiger partial charge in [0.1, 0.15) is 17.6 Å². The molecule has 1 amide bonds. The van der Waals surface area contributed by atoms with Crippen molar-refractivity contribution < 1.29 is 13.6 Å². The van der Waals surface area contributed by atoms with Gasteiger partial charge in [-0.15, -0.1) is 10.2 Å². The maximum Gasteiger partial charge on any atom is 0.253 e. The number of fused-ring (bicyclic) bond motifs is 1. The van der Waals surface area contributed by atoms with Crippen molar-refractivity contribution in [2.75, 3.05) is 17.6 Å². The molecule has 4 heterocycles. The molecular weight excluding hydrogens is 470 g/mol. The quantitative estimate of drug-likeness (QED) is 0.292. The van der Waals surface area contributed by atoms with Gasteiger partial charge in [-0.3, -0.25) is 4.79 Å². The Bertz CT molecular complexity index is 1150. The van der Waals surface area contributed by atoms with Gasteiger partial charge in [0, 0.05) is 12.5 Å². The van der Waals surface area contributed by atoms with Crippen LogP contribution in [0.25, 0.3) is 6.08 Å². The number of amides is 1. The second-order valence-electron chi connectivity index (χ2n) is 8.31. The first kappa shape index (κ1) is 22.9. The second kappa shape index (κ2) is 10.6. The lowest BCUT2D eigenvalue weighted by Crippen LogP contribution is -2.32. The zero-order valence-corrected chi connectivity index (χ0v) is 20.6. The molecule has 3 aromatic heterocycles. The number of anilines is 1. The molecule has 1 fully saturated rings. The fourth-order valence-electron chi connectivity index (χ4n) is 4.39. The summed E-state index contributed by atoms with van der Waals surface area (Å²) in [6.07, 6.45) is 10.5. The Labute approximate surface area is 206 Å². The molecule has 0 spiro atoms. The van der Waals surface area contributed by atoms with Crippen LogP contribution in [0.15, 0.2) is 60.6 Å². The van der Waals surface area contributed by atoms with Gasteiger partial charge in [-0.1, -0.05) is 36.4 Å². The average molecular weight is 498 g/mol. The Hall–Kier alpha value is -2.85. The minimum atomic E-state index is -0.237. The Kier molecular flexibility index (Phi) is 7.15. The molecule has 1 aliphatic carbocycles. The average Bonchev–Trinajstić information content (AvgIpc) is 3.65. The summed E-state index contributed by atoms with van der Waals surface area (Å²) in [6, 6.07) is 7.36. The van der Waals surface area contributed by atoms with Crippen LogP contribution >= 0.6 is 23.1 Å². The normalized spacial score (nSPS) is 21.0. The third-order valence-corrected chi connectivity index (χ3v) is 7.98. The van der Waals surface area contributed by atoms with E-state index in [9.17, 15) is 4.79 Å². The van der Waals surface area contributed by atoms with E-state index in [1.54, 1.807) is 17.5 Å². The highest BCUT2D eigenvalue weighted by molar-refractivity contribution is 8.01. The van der Waals surface area contributed by atoms with E-state index in [0.717, 1.165) is 70.9 Å². The molecule has 0 radical (unpaired) electrons. The van der Waals surface area contributed by atoms with Gasteiger partial charge in [-0.25, -0.2) is 5.01 Å². The Morgan fingerprint density at radius 3 is 2.97 bits per heavy atom. The Morgan fingerprint density at radius 2 is 2.18 bits per heavy atom. The molecule has 1 aliphatic heterocycles. The maximum atomic E-state index is 13.4. The van der Waals surface area contributed by atoms with E-state index in [4.69, 9.17) is 13.9 Å². The van der Waals surface area contributed by atoms with Gasteiger partial charge in [0.15, 0.2) is 4.34 Å². The molecule has 178 valence electrons. The summed E-state index contributed by atoms with van der Waals surface area (Å²) in [4.78, 5) is 13.4. The zero-order valence-electron chi connectivity index (χ0n) is 19.0. The molecule has 8 nitrogen and oxygen atoms in total. The molecule has 2 unspecified atom stereocenters. The Balaban J connectivity index is 1.33. The number of rotatable bonds is 9. The standard InChI is InChI=1S/C24H27N5O3S2/c1-2-3-11-25-23-26-27-24(34-23)33-15-20(30)29-22(19-10-6-13-32-19)18-9-4-7-16(21(18)28-29)14-17-8-5-12-31-17/h5-6,8,10,12-14,18,22H,2-4,7,9,11,15H2,1H3,(H,25,26). The SMILES string of the molecule is CCCCNc1nnc(SCC(=O)N2N=C3C(=Cc4ccco4)CCCC3C2c2ccco2)s1. The lowest BCUT2D eigenvalue weighted by molar-refractivity contribution is -0.131. The number of carbonyl (C=O) groups excluding carboxylic acids is 1. The highest BCUT2D eigenvalue weighted by Crippen LogP contribution is 2.45. The summed E-state index contributed by atoms with van der Waals surface area (Å²) in [5.74, 6) is 1.83. The number of thioether (sulfide) groups is 1. The van der Waals surface area contributed by atoms with E-state index in [1.807, 2.05) is 30.3 Å². The van der Waals surface area contributed by atoms with Crippen LogP contribution in [0.5, 0.6) is 0 Å². The lowest BCUT2D eigenvalue weighted by Gasteiger charge is -2.27. The first-order valence-corrected chi connectivity index (χ1v) is 13.4. The van der Waals surface area contributed by atoms with Gasteiger partial charge in [0.05, 0.1) is 24.0 Å². The van der Waals surface area contributed by atoms with Gasteiger partial charge in [0.2, 0.25) is 5.13 Å². The maximum absolute atomic E-state index is 13.4. The van der Waals surface area contributed by atoms with E-state index in [1.165, 1.54) is 23.1 Å². The number of nitrogens with one attached hydrogen (secondary N) is 1. The predicted molar refractivity (Wildman–Crippen MR) is 134 cm³/mol. The lowest BCUT2D eigenvalue weighted by atomic mass is 9.79. The minimum absolute atomic E-state index is 0.0682. The molecule has 1 saturated carbocycles. The van der Waals surface area contributed by atoms with Crippen LogP contribution < -0.4 is 5.32 Å². The van der Waals surface area contributed by atoms with Crippen LogP contribution in [-0.2, 0) is 4.79 Å². The topological polar surface area (TPSA) is 96.8 Å². The van der Waals surface area contributed by atoms with E-state index in [2.05, 4.69) is 22.4 Å². The van der Waals surface area contributed by atoms with Crippen molar-refractivity contribution in [2.24, 2.45) is 11.0 Å². The van der Waals surface area contributed by atoms with E-state index in [0.29, 0.717) is 0 Å². The van der Waals surface area contributed by atoms with Gasteiger partial charge in [-0.05, 0) is 61.6 Å². The molecule has 10 heteroatoms. The number of unbranched alkanes of at least 4 members (excludes halogenated alkanes) is 1. The van der Waals surface area contributed by atoms with Crippen molar-refractivity contribution in [3.05, 3.63) is 53.9 Å². The van der Waals surface area contributed by atoms with E-state index in [-0.39, 0.29) is 23.6 Å². The van der Waals surface area contributed by atoms with Crippen molar-refractivity contribution in [2.45, 2.75) is 49.4 Å². The van der Waals surface area contributed by atoms with Crippen LogP contribution in [0.2, 0.25) is 0 Å². The highest BCUT2D eigenvalue weighted by Gasteiger charge is 2.45. The van der Waals surface area contributed by atoms with Gasteiger partial charge < -0.3 is 14.2 Å². The van der Waals surface area contributed by atoms with Gasteiger partial charge in [0.25, 0.3) is 5.91 Å². The molecule has 3 aromatic rings. The monoisotopic (exact) mass is 497 g/mol. The van der Waals surface area contributed by atoms with Crippen LogP contribution in [0.4, 0.5) is 5.13 Å². The summed E-state index contributed by atoms with van der Waals surface area (Å²) in [6.45, 7) is 3.03. The summed E-state index contributed by atoms with van der Waals surface area (Å²) >= 11 is 2.87. The molecule has 5 rings (SSSR count).